The number of methoxy groups -OCH3 is 1. The van der Waals surface area contributed by atoms with E-state index in [1.165, 1.54) is 7.11 Å². The number of ether oxygens (including phenoxy) is 1. The molecule has 1 rings (SSSR count). The Balaban J connectivity index is 0.000001000. The molecule has 1 heterocycles. The fraction of sp³-hybridized carbons (Fsp3) is 0.857. The average molecular weight is 180 g/mol. The highest BCUT2D eigenvalue weighted by Gasteiger charge is 2.37. The molecule has 0 unspecified atom stereocenters. The summed E-state index contributed by atoms with van der Waals surface area (Å²) in [5, 5.41) is 3.13. The summed E-state index contributed by atoms with van der Waals surface area (Å²) >= 11 is 0. The summed E-state index contributed by atoms with van der Waals surface area (Å²) in [5.41, 5.74) is -0.269. The highest BCUT2D eigenvalue weighted by molar-refractivity contribution is 5.85. The molecule has 0 radical (unpaired) electrons. The molecule has 4 heteroatoms. The van der Waals surface area contributed by atoms with Gasteiger partial charge in [-0.3, -0.25) is 4.79 Å². The Morgan fingerprint density at radius 2 is 2.27 bits per heavy atom. The van der Waals surface area contributed by atoms with E-state index in [0.717, 1.165) is 19.5 Å². The van der Waals surface area contributed by atoms with Gasteiger partial charge in [0, 0.05) is 6.54 Å². The fourth-order valence-electron chi connectivity index (χ4n) is 1.24. The first-order valence-electron chi connectivity index (χ1n) is 3.48. The third-order valence-corrected chi connectivity index (χ3v) is 2.05. The molecular weight excluding hydrogens is 166 g/mol. The van der Waals surface area contributed by atoms with Gasteiger partial charge in [0.05, 0.1) is 12.5 Å². The van der Waals surface area contributed by atoms with Crippen molar-refractivity contribution in [1.82, 2.24) is 5.32 Å². The summed E-state index contributed by atoms with van der Waals surface area (Å²) in [4.78, 5) is 11.1. The van der Waals surface area contributed by atoms with Crippen LogP contribution in [0.1, 0.15) is 13.3 Å². The average Bonchev–Trinajstić information content (AvgIpc) is 2.36. The maximum atomic E-state index is 11.1. The third kappa shape index (κ3) is 2.07. The van der Waals surface area contributed by atoms with Crippen LogP contribution < -0.4 is 5.32 Å². The van der Waals surface area contributed by atoms with Crippen LogP contribution in [-0.2, 0) is 9.53 Å². The molecule has 1 N–H and O–H groups in total. The van der Waals surface area contributed by atoms with E-state index in [-0.39, 0.29) is 23.8 Å². The van der Waals surface area contributed by atoms with Gasteiger partial charge in [-0.05, 0) is 19.9 Å². The molecule has 3 nitrogen and oxygen atoms in total. The highest BCUT2D eigenvalue weighted by Crippen LogP contribution is 2.25. The quantitative estimate of drug-likeness (QED) is 0.599. The summed E-state index contributed by atoms with van der Waals surface area (Å²) in [6, 6.07) is 0. The van der Waals surface area contributed by atoms with Crippen LogP contribution in [0.2, 0.25) is 0 Å². The summed E-state index contributed by atoms with van der Waals surface area (Å²) in [6.07, 6.45) is 0.889. The zero-order valence-corrected chi connectivity index (χ0v) is 7.66. The zero-order chi connectivity index (χ0) is 7.61. The molecule has 0 spiro atoms. The van der Waals surface area contributed by atoms with E-state index < -0.39 is 0 Å². The fourth-order valence-corrected chi connectivity index (χ4v) is 1.24. The maximum absolute atomic E-state index is 11.1. The Bertz CT molecular complexity index is 143. The van der Waals surface area contributed by atoms with Crippen LogP contribution in [-0.4, -0.2) is 26.2 Å². The Hall–Kier alpha value is -0.280. The second-order valence-electron chi connectivity index (χ2n) is 2.98. The number of rotatable bonds is 1. The Morgan fingerprint density at radius 1 is 1.64 bits per heavy atom. The molecule has 0 aromatic rings. The van der Waals surface area contributed by atoms with Crippen molar-refractivity contribution in [2.24, 2.45) is 5.41 Å². The molecule has 1 aliphatic rings. The normalized spacial score (nSPS) is 29.3. The number of carbonyl (C=O) groups excluding carboxylic acids is 1. The van der Waals surface area contributed by atoms with Crippen LogP contribution in [0.5, 0.6) is 0 Å². The molecule has 1 aliphatic heterocycles. The van der Waals surface area contributed by atoms with Crippen LogP contribution in [0.25, 0.3) is 0 Å². The predicted molar refractivity (Wildman–Crippen MR) is 44.9 cm³/mol. The zero-order valence-electron chi connectivity index (χ0n) is 6.85. The van der Waals surface area contributed by atoms with Crippen molar-refractivity contribution < 1.29 is 9.53 Å². The van der Waals surface area contributed by atoms with Crippen molar-refractivity contribution in [3.63, 3.8) is 0 Å². The minimum Gasteiger partial charge on any atom is -0.469 e. The Labute approximate surface area is 72.9 Å². The van der Waals surface area contributed by atoms with Gasteiger partial charge in [0.25, 0.3) is 0 Å². The van der Waals surface area contributed by atoms with Crippen molar-refractivity contribution in [3.05, 3.63) is 0 Å². The van der Waals surface area contributed by atoms with Gasteiger partial charge >= 0.3 is 5.97 Å². The molecule has 0 aromatic carbocycles. The van der Waals surface area contributed by atoms with Crippen LogP contribution in [0, 0.1) is 5.41 Å². The monoisotopic (exact) mass is 179 g/mol. The van der Waals surface area contributed by atoms with Gasteiger partial charge < -0.3 is 10.1 Å². The largest absolute Gasteiger partial charge is 0.469 e. The van der Waals surface area contributed by atoms with Crippen molar-refractivity contribution in [2.45, 2.75) is 13.3 Å². The Kier molecular flexibility index (Phi) is 3.83. The second kappa shape index (κ2) is 3.93. The van der Waals surface area contributed by atoms with Crippen LogP contribution >= 0.6 is 12.4 Å². The minimum atomic E-state index is -0.269. The van der Waals surface area contributed by atoms with Gasteiger partial charge in [0.15, 0.2) is 0 Å². The molecule has 11 heavy (non-hydrogen) atoms. The molecule has 66 valence electrons. The summed E-state index contributed by atoms with van der Waals surface area (Å²) < 4.78 is 4.66. The standard InChI is InChI=1S/C7H13NO2.ClH/c1-7(6(9)10-2)3-4-8-5-7;/h8H,3-5H2,1-2H3;1H/t7-;/m1./s1. The van der Waals surface area contributed by atoms with E-state index in [0.29, 0.717) is 0 Å². The number of hydrogen-bond acceptors (Lipinski definition) is 3. The number of carbonyl (C=O) groups is 1. The first-order valence-corrected chi connectivity index (χ1v) is 3.48. The van der Waals surface area contributed by atoms with Crippen LogP contribution in [0.4, 0.5) is 0 Å². The van der Waals surface area contributed by atoms with Gasteiger partial charge in [-0.2, -0.15) is 0 Å². The maximum Gasteiger partial charge on any atom is 0.312 e. The van der Waals surface area contributed by atoms with E-state index in [4.69, 9.17) is 0 Å². The van der Waals surface area contributed by atoms with Gasteiger partial charge in [-0.1, -0.05) is 0 Å². The lowest BCUT2D eigenvalue weighted by Crippen LogP contribution is -2.31. The molecule has 0 bridgehead atoms. The highest BCUT2D eigenvalue weighted by atomic mass is 35.5. The number of esters is 1. The predicted octanol–water partition coefficient (Wildman–Crippen LogP) is 0.581. The molecule has 0 aliphatic carbocycles. The lowest BCUT2D eigenvalue weighted by atomic mass is 9.90. The summed E-state index contributed by atoms with van der Waals surface area (Å²) in [6.45, 7) is 3.60. The summed E-state index contributed by atoms with van der Waals surface area (Å²) in [5.74, 6) is -0.0995. The Morgan fingerprint density at radius 3 is 2.64 bits per heavy atom. The number of halogens is 1. The van der Waals surface area contributed by atoms with Crippen molar-refractivity contribution in [2.75, 3.05) is 20.2 Å². The molecule has 0 amide bonds. The van der Waals surface area contributed by atoms with Crippen molar-refractivity contribution in [1.29, 1.82) is 0 Å². The summed E-state index contributed by atoms with van der Waals surface area (Å²) in [7, 11) is 1.44. The first kappa shape index (κ1) is 10.7. The van der Waals surface area contributed by atoms with Gasteiger partial charge in [-0.15, -0.1) is 12.4 Å². The SMILES string of the molecule is COC(=O)[C@]1(C)CCNC1.Cl. The molecule has 1 atom stereocenters. The lowest BCUT2D eigenvalue weighted by molar-refractivity contribution is -0.150. The smallest absolute Gasteiger partial charge is 0.312 e. The molecule has 0 saturated carbocycles. The topological polar surface area (TPSA) is 38.3 Å². The van der Waals surface area contributed by atoms with E-state index in [2.05, 4.69) is 10.1 Å². The minimum absolute atomic E-state index is 0. The van der Waals surface area contributed by atoms with E-state index in [9.17, 15) is 4.79 Å². The van der Waals surface area contributed by atoms with Gasteiger partial charge in [0.1, 0.15) is 0 Å². The van der Waals surface area contributed by atoms with Gasteiger partial charge in [0.2, 0.25) is 0 Å². The van der Waals surface area contributed by atoms with E-state index >= 15 is 0 Å². The van der Waals surface area contributed by atoms with Crippen LogP contribution in [0.15, 0.2) is 0 Å². The van der Waals surface area contributed by atoms with Crippen molar-refractivity contribution in [3.8, 4) is 0 Å². The number of hydrogen-bond donors (Lipinski definition) is 1. The molecule has 1 fully saturated rings. The van der Waals surface area contributed by atoms with Crippen molar-refractivity contribution >= 4 is 18.4 Å². The van der Waals surface area contributed by atoms with E-state index in [1.54, 1.807) is 0 Å². The van der Waals surface area contributed by atoms with E-state index in [1.807, 2.05) is 6.92 Å². The first-order chi connectivity index (χ1) is 4.69. The second-order valence-corrected chi connectivity index (χ2v) is 2.98. The lowest BCUT2D eigenvalue weighted by Gasteiger charge is -2.18. The molecule has 1 saturated heterocycles. The third-order valence-electron chi connectivity index (χ3n) is 2.05. The number of nitrogens with one attached hydrogen (secondary N) is 1. The van der Waals surface area contributed by atoms with Crippen LogP contribution in [0.3, 0.4) is 0 Å². The molecule has 0 aromatic heterocycles. The molecular formula is C7H14ClNO2. The van der Waals surface area contributed by atoms with Gasteiger partial charge in [-0.25, -0.2) is 0 Å².